The van der Waals surface area contributed by atoms with Gasteiger partial charge in [-0.05, 0) is 47.5 Å². The van der Waals surface area contributed by atoms with Gasteiger partial charge in [0.2, 0.25) is 11.8 Å². The zero-order chi connectivity index (χ0) is 24.0. The first kappa shape index (κ1) is 23.3. The molecule has 3 aromatic carbocycles. The van der Waals surface area contributed by atoms with E-state index in [0.29, 0.717) is 11.1 Å². The number of amides is 2. The number of carbonyl (C=O) groups is 2. The van der Waals surface area contributed by atoms with Crippen LogP contribution in [-0.4, -0.2) is 11.8 Å². The first-order valence-corrected chi connectivity index (χ1v) is 9.74. The van der Waals surface area contributed by atoms with Gasteiger partial charge in [0, 0.05) is 16.9 Å². The van der Waals surface area contributed by atoms with Gasteiger partial charge in [-0.1, -0.05) is 43.0 Å². The second kappa shape index (κ2) is 9.83. The minimum atomic E-state index is -4.72. The lowest BCUT2D eigenvalue weighted by Gasteiger charge is -2.18. The lowest BCUT2D eigenvalue weighted by molar-refractivity contribution is -0.137. The van der Waals surface area contributed by atoms with E-state index in [4.69, 9.17) is 5.26 Å². The molecule has 0 aliphatic heterocycles. The molecule has 0 spiro atoms. The van der Waals surface area contributed by atoms with Crippen LogP contribution in [0.25, 0.3) is 11.1 Å². The molecule has 33 heavy (non-hydrogen) atoms. The Labute approximate surface area is 188 Å². The fourth-order valence-corrected chi connectivity index (χ4v) is 3.24. The van der Waals surface area contributed by atoms with Crippen LogP contribution >= 0.6 is 0 Å². The van der Waals surface area contributed by atoms with Crippen molar-refractivity contribution in [2.75, 3.05) is 10.6 Å². The molecule has 0 bridgehead atoms. The van der Waals surface area contributed by atoms with Crippen LogP contribution in [0, 0.1) is 11.3 Å². The largest absolute Gasteiger partial charge is 0.417 e. The molecular weight excluding hydrogens is 431 g/mol. The van der Waals surface area contributed by atoms with Gasteiger partial charge in [0.15, 0.2) is 0 Å². The molecule has 0 unspecified atom stereocenters. The first-order valence-electron chi connectivity index (χ1n) is 9.74. The van der Waals surface area contributed by atoms with Crippen LogP contribution in [0.5, 0.6) is 0 Å². The SMILES string of the molecule is C=CC(=O)Nc1ccccc1-c1ccc(NC(=O)Cc2cccc(C#N)c2)cc1C(F)(F)F. The molecule has 0 saturated heterocycles. The predicted octanol–water partition coefficient (Wildman–Crippen LogP) is 5.55. The van der Waals surface area contributed by atoms with Crippen LogP contribution in [0.2, 0.25) is 0 Å². The number of alkyl halides is 3. The van der Waals surface area contributed by atoms with E-state index in [2.05, 4.69) is 17.2 Å². The molecule has 0 heterocycles. The normalized spacial score (nSPS) is 10.7. The lowest BCUT2D eigenvalue weighted by Crippen LogP contribution is -2.16. The molecule has 3 aromatic rings. The number of anilines is 2. The standard InChI is InChI=1S/C25H18F3N3O2/c1-2-23(32)31-22-9-4-3-8-20(22)19-11-10-18(14-21(19)25(26,27)28)30-24(33)13-16-6-5-7-17(12-16)15-29/h2-12,14H,1,13H2,(H,30,33)(H,31,32). The molecule has 0 radical (unpaired) electrons. The fraction of sp³-hybridized carbons (Fsp3) is 0.0800. The summed E-state index contributed by atoms with van der Waals surface area (Å²) in [6.07, 6.45) is -3.80. The number of benzene rings is 3. The highest BCUT2D eigenvalue weighted by Crippen LogP contribution is 2.41. The fourth-order valence-electron chi connectivity index (χ4n) is 3.24. The molecule has 2 amide bonds. The second-order valence-corrected chi connectivity index (χ2v) is 7.03. The number of hydrogen-bond donors (Lipinski definition) is 2. The Bertz CT molecular complexity index is 1260. The van der Waals surface area contributed by atoms with E-state index in [-0.39, 0.29) is 28.9 Å². The number of hydrogen-bond acceptors (Lipinski definition) is 3. The highest BCUT2D eigenvalue weighted by Gasteiger charge is 2.34. The number of nitrogens with one attached hydrogen (secondary N) is 2. The molecule has 8 heteroatoms. The number of halogens is 3. The van der Waals surface area contributed by atoms with Crippen LogP contribution in [0.4, 0.5) is 24.5 Å². The molecule has 0 aliphatic carbocycles. The summed E-state index contributed by atoms with van der Waals surface area (Å²) >= 11 is 0. The van der Waals surface area contributed by atoms with Crippen molar-refractivity contribution in [3.63, 3.8) is 0 Å². The van der Waals surface area contributed by atoms with Crippen LogP contribution in [0.15, 0.2) is 79.4 Å². The average molecular weight is 449 g/mol. The number of rotatable bonds is 6. The minimum absolute atomic E-state index is 0.0277. The van der Waals surface area contributed by atoms with Crippen molar-refractivity contribution in [1.82, 2.24) is 0 Å². The predicted molar refractivity (Wildman–Crippen MR) is 119 cm³/mol. The van der Waals surface area contributed by atoms with Crippen LogP contribution in [0.3, 0.4) is 0 Å². The van der Waals surface area contributed by atoms with Crippen molar-refractivity contribution in [3.05, 3.63) is 96.1 Å². The Morgan fingerprint density at radius 3 is 2.42 bits per heavy atom. The van der Waals surface area contributed by atoms with Gasteiger partial charge in [-0.3, -0.25) is 9.59 Å². The van der Waals surface area contributed by atoms with E-state index < -0.39 is 23.6 Å². The van der Waals surface area contributed by atoms with Gasteiger partial charge >= 0.3 is 6.18 Å². The van der Waals surface area contributed by atoms with Crippen molar-refractivity contribution in [3.8, 4) is 17.2 Å². The summed E-state index contributed by atoms with van der Waals surface area (Å²) in [6, 6.07) is 17.9. The van der Waals surface area contributed by atoms with Gasteiger partial charge in [-0.2, -0.15) is 18.4 Å². The zero-order valence-electron chi connectivity index (χ0n) is 17.2. The minimum Gasteiger partial charge on any atom is -0.326 e. The van der Waals surface area contributed by atoms with E-state index in [9.17, 15) is 22.8 Å². The summed E-state index contributed by atoms with van der Waals surface area (Å²) in [5.41, 5.74) is 0.167. The molecular formula is C25H18F3N3O2. The van der Waals surface area contributed by atoms with Crippen molar-refractivity contribution in [2.45, 2.75) is 12.6 Å². The van der Waals surface area contributed by atoms with Crippen molar-refractivity contribution in [2.24, 2.45) is 0 Å². The van der Waals surface area contributed by atoms with Gasteiger partial charge in [0.25, 0.3) is 0 Å². The number of nitriles is 1. The zero-order valence-corrected chi connectivity index (χ0v) is 17.2. The first-order chi connectivity index (χ1) is 15.7. The number of para-hydroxylation sites is 1. The van der Waals surface area contributed by atoms with Gasteiger partial charge in [-0.15, -0.1) is 0 Å². The Morgan fingerprint density at radius 1 is 0.970 bits per heavy atom. The highest BCUT2D eigenvalue weighted by molar-refractivity contribution is 6.02. The Hall–Kier alpha value is -4.38. The maximum absolute atomic E-state index is 13.9. The molecule has 0 fully saturated rings. The van der Waals surface area contributed by atoms with Gasteiger partial charge in [-0.25, -0.2) is 0 Å². The van der Waals surface area contributed by atoms with Crippen LogP contribution < -0.4 is 10.6 Å². The summed E-state index contributed by atoms with van der Waals surface area (Å²) in [5.74, 6) is -1.08. The molecule has 2 N–H and O–H groups in total. The summed E-state index contributed by atoms with van der Waals surface area (Å²) in [7, 11) is 0. The monoisotopic (exact) mass is 449 g/mol. The smallest absolute Gasteiger partial charge is 0.326 e. The third kappa shape index (κ3) is 5.86. The highest BCUT2D eigenvalue weighted by atomic mass is 19.4. The summed E-state index contributed by atoms with van der Waals surface area (Å²) < 4.78 is 41.7. The van der Waals surface area contributed by atoms with E-state index in [1.165, 1.54) is 30.3 Å². The third-order valence-electron chi connectivity index (χ3n) is 4.69. The van der Waals surface area contributed by atoms with Crippen molar-refractivity contribution >= 4 is 23.2 Å². The second-order valence-electron chi connectivity index (χ2n) is 7.03. The van der Waals surface area contributed by atoms with Crippen molar-refractivity contribution < 1.29 is 22.8 Å². The summed E-state index contributed by atoms with van der Waals surface area (Å²) in [5, 5.41) is 13.9. The topological polar surface area (TPSA) is 82.0 Å². The molecule has 0 atom stereocenters. The molecule has 3 rings (SSSR count). The molecule has 0 saturated carbocycles. The molecule has 0 aliphatic rings. The number of nitrogens with zero attached hydrogens (tertiary/aromatic N) is 1. The Kier molecular flexibility index (Phi) is 6.94. The lowest BCUT2D eigenvalue weighted by atomic mass is 9.97. The van der Waals surface area contributed by atoms with Crippen LogP contribution in [-0.2, 0) is 22.2 Å². The summed E-state index contributed by atoms with van der Waals surface area (Å²) in [4.78, 5) is 24.1. The van der Waals surface area contributed by atoms with Gasteiger partial charge in [0.1, 0.15) is 0 Å². The van der Waals surface area contributed by atoms with Gasteiger partial charge < -0.3 is 10.6 Å². The quantitative estimate of drug-likeness (QED) is 0.484. The number of carbonyl (C=O) groups excluding carboxylic acids is 2. The maximum atomic E-state index is 13.9. The van der Waals surface area contributed by atoms with E-state index in [0.717, 1.165) is 12.1 Å². The summed E-state index contributed by atoms with van der Waals surface area (Å²) in [6.45, 7) is 3.35. The third-order valence-corrected chi connectivity index (χ3v) is 4.69. The maximum Gasteiger partial charge on any atom is 0.417 e. The Balaban J connectivity index is 1.92. The van der Waals surface area contributed by atoms with Gasteiger partial charge in [0.05, 0.1) is 23.6 Å². The molecule has 166 valence electrons. The van der Waals surface area contributed by atoms with Crippen LogP contribution in [0.1, 0.15) is 16.7 Å². The average Bonchev–Trinajstić information content (AvgIpc) is 2.79. The Morgan fingerprint density at radius 2 is 1.73 bits per heavy atom. The molecule has 0 aromatic heterocycles. The molecule has 5 nitrogen and oxygen atoms in total. The van der Waals surface area contributed by atoms with E-state index in [1.54, 1.807) is 30.3 Å². The van der Waals surface area contributed by atoms with Crippen molar-refractivity contribution in [1.29, 1.82) is 5.26 Å². The van der Waals surface area contributed by atoms with E-state index in [1.807, 2.05) is 6.07 Å². The van der Waals surface area contributed by atoms with E-state index >= 15 is 0 Å².